The van der Waals surface area contributed by atoms with Gasteiger partial charge in [0.25, 0.3) is 0 Å². The zero-order chi connectivity index (χ0) is 35.3. The van der Waals surface area contributed by atoms with Gasteiger partial charge >= 0.3 is 11.9 Å². The monoisotopic (exact) mass is 667 g/mol. The zero-order valence-corrected chi connectivity index (χ0v) is 30.2. The van der Waals surface area contributed by atoms with Crippen LogP contribution in [0, 0.1) is 0 Å². The van der Waals surface area contributed by atoms with E-state index in [1.165, 1.54) is 44.9 Å². The van der Waals surface area contributed by atoms with Crippen molar-refractivity contribution in [3.8, 4) is 0 Å². The van der Waals surface area contributed by atoms with Crippen LogP contribution in [0.5, 0.6) is 0 Å². The highest BCUT2D eigenvalue weighted by atomic mass is 16.5. The molecule has 0 aromatic carbocycles. The Morgan fingerprint density at radius 3 is 1.79 bits per heavy atom. The highest BCUT2D eigenvalue weighted by molar-refractivity contribution is 5.84. The Balaban J connectivity index is 0.000000935. The Morgan fingerprint density at radius 2 is 1.29 bits per heavy atom. The number of aliphatic carboxylic acids is 1. The first-order valence-electron chi connectivity index (χ1n) is 18.3. The van der Waals surface area contributed by atoms with Crippen molar-refractivity contribution in [3.63, 3.8) is 0 Å². The molecule has 0 bridgehead atoms. The van der Waals surface area contributed by atoms with Gasteiger partial charge in [0, 0.05) is 31.2 Å². The van der Waals surface area contributed by atoms with Crippen molar-refractivity contribution in [1.82, 2.24) is 15.3 Å². The summed E-state index contributed by atoms with van der Waals surface area (Å²) >= 11 is 0. The third-order valence-corrected chi connectivity index (χ3v) is 7.31. The molecule has 8 heteroatoms. The van der Waals surface area contributed by atoms with Gasteiger partial charge in [-0.15, -0.1) is 0 Å². The molecule has 0 saturated carbocycles. The summed E-state index contributed by atoms with van der Waals surface area (Å²) in [5, 5.41) is 11.3. The molecule has 48 heavy (non-hydrogen) atoms. The minimum absolute atomic E-state index is 0.0921. The van der Waals surface area contributed by atoms with Crippen LogP contribution in [0.3, 0.4) is 0 Å². The smallest absolute Gasteiger partial charge is 0.329 e. The zero-order valence-electron chi connectivity index (χ0n) is 30.2. The molecule has 1 amide bonds. The van der Waals surface area contributed by atoms with E-state index in [4.69, 9.17) is 9.84 Å². The third kappa shape index (κ3) is 30.9. The molecule has 1 heterocycles. The summed E-state index contributed by atoms with van der Waals surface area (Å²) in [7, 11) is 0. The quantitative estimate of drug-likeness (QED) is 0.0465. The summed E-state index contributed by atoms with van der Waals surface area (Å²) in [6.45, 7) is 6.43. The fourth-order valence-corrected chi connectivity index (χ4v) is 4.65. The number of rotatable bonds is 28. The Bertz CT molecular complexity index is 1060. The average Bonchev–Trinajstić information content (AvgIpc) is 3.58. The number of amides is 1. The van der Waals surface area contributed by atoms with Crippen molar-refractivity contribution in [3.05, 3.63) is 79.0 Å². The topological polar surface area (TPSA) is 121 Å². The number of carboxylic acid groups (broad SMARTS) is 1. The summed E-state index contributed by atoms with van der Waals surface area (Å²) in [6, 6.07) is -0.665. The van der Waals surface area contributed by atoms with Crippen LogP contribution < -0.4 is 5.32 Å². The maximum atomic E-state index is 12.2. The Kier molecular flexibility index (Phi) is 32.0. The Hall–Kier alpha value is -3.68. The molecule has 1 aromatic heterocycles. The number of nitrogens with zero attached hydrogens (tertiary/aromatic N) is 1. The maximum absolute atomic E-state index is 12.2. The molecule has 0 aliphatic carbocycles. The van der Waals surface area contributed by atoms with E-state index in [0.717, 1.165) is 63.5 Å². The van der Waals surface area contributed by atoms with Crippen LogP contribution in [0.2, 0.25) is 0 Å². The van der Waals surface area contributed by atoms with Crippen LogP contribution >= 0.6 is 0 Å². The number of H-pyrrole nitrogens is 1. The molecule has 1 aromatic rings. The lowest BCUT2D eigenvalue weighted by Gasteiger charge is -2.16. The van der Waals surface area contributed by atoms with Crippen LogP contribution in [0.25, 0.3) is 0 Å². The number of imidazole rings is 1. The van der Waals surface area contributed by atoms with Crippen LogP contribution in [0.15, 0.2) is 73.3 Å². The number of hydrogen-bond donors (Lipinski definition) is 3. The molecule has 0 unspecified atom stereocenters. The number of carbonyl (C=O) groups is 3. The van der Waals surface area contributed by atoms with E-state index in [9.17, 15) is 14.4 Å². The van der Waals surface area contributed by atoms with E-state index in [1.54, 1.807) is 19.4 Å². The molecule has 3 N–H and O–H groups in total. The van der Waals surface area contributed by atoms with Gasteiger partial charge in [0.15, 0.2) is 0 Å². The lowest BCUT2D eigenvalue weighted by Crippen LogP contribution is -2.43. The second kappa shape index (κ2) is 34.6. The molecular weight excluding hydrogens is 602 g/mol. The van der Waals surface area contributed by atoms with Gasteiger partial charge in [-0.1, -0.05) is 126 Å². The maximum Gasteiger partial charge on any atom is 0.329 e. The van der Waals surface area contributed by atoms with Gasteiger partial charge in [-0.3, -0.25) is 9.59 Å². The average molecular weight is 668 g/mol. The van der Waals surface area contributed by atoms with Gasteiger partial charge in [0.05, 0.1) is 12.9 Å². The van der Waals surface area contributed by atoms with Crippen molar-refractivity contribution in [2.45, 2.75) is 149 Å². The number of ether oxygens (including phenoxy) is 1. The number of carbonyl (C=O) groups excluding carboxylic acids is 2. The largest absolute Gasteiger partial charge is 0.481 e. The fraction of sp³-hybridized carbons (Fsp3) is 0.600. The van der Waals surface area contributed by atoms with Gasteiger partial charge in [0.2, 0.25) is 5.91 Å². The van der Waals surface area contributed by atoms with Gasteiger partial charge in [-0.05, 0) is 58.3 Å². The second-order valence-corrected chi connectivity index (χ2v) is 11.7. The summed E-state index contributed by atoms with van der Waals surface area (Å²) in [5.74, 6) is -1.21. The molecule has 0 saturated heterocycles. The summed E-state index contributed by atoms with van der Waals surface area (Å²) in [6.07, 6.45) is 43.4. The van der Waals surface area contributed by atoms with E-state index in [2.05, 4.69) is 89.9 Å². The molecule has 8 nitrogen and oxygen atoms in total. The standard InChI is InChI=1S/C20H35N3O3.C20H30O2/c1-3-5-6-7-8-9-10-11-12-13-19(24)23-18(20(25)26-4-2)14-17-15-21-16-22-17;1-2-3-4-5-6-7-8-9-10-11-12-13-14-15-16-17-18-19-20(21)22/h15-16,18H,3-14H2,1-2H3,(H,21,22)(H,23,24);3-4,6-7,9-10,12-13,15-16H,2,5,8,11,14,17-19H2,1H3,(H,21,22)/b;4-3+,7-6+,10-9+,13-12+,16-15+/t18-;/m0./s1. The number of allylic oxidation sites excluding steroid dienone is 10. The Labute approximate surface area is 291 Å². The molecule has 0 fully saturated rings. The molecule has 0 spiro atoms. The number of aromatic amines is 1. The van der Waals surface area contributed by atoms with E-state index >= 15 is 0 Å². The third-order valence-electron chi connectivity index (χ3n) is 7.31. The summed E-state index contributed by atoms with van der Waals surface area (Å²) in [4.78, 5) is 41.4. The first kappa shape index (κ1) is 44.3. The normalized spacial score (nSPS) is 12.3. The number of unbranched alkanes of at least 4 members (excludes halogenated alkanes) is 9. The molecule has 0 aliphatic rings. The summed E-state index contributed by atoms with van der Waals surface area (Å²) in [5.41, 5.74) is 0.798. The molecule has 0 radical (unpaired) electrons. The van der Waals surface area contributed by atoms with Gasteiger partial charge in [0.1, 0.15) is 6.04 Å². The van der Waals surface area contributed by atoms with Gasteiger partial charge in [-0.25, -0.2) is 9.78 Å². The van der Waals surface area contributed by atoms with E-state index in [1.807, 2.05) is 0 Å². The number of carboxylic acids is 1. The van der Waals surface area contributed by atoms with Gasteiger partial charge in [-0.2, -0.15) is 0 Å². The predicted octanol–water partition coefficient (Wildman–Crippen LogP) is 9.91. The molecule has 1 atom stereocenters. The van der Waals surface area contributed by atoms with Crippen molar-refractivity contribution >= 4 is 17.8 Å². The van der Waals surface area contributed by atoms with Crippen LogP contribution in [0.4, 0.5) is 0 Å². The van der Waals surface area contributed by atoms with Crippen LogP contribution in [0.1, 0.15) is 142 Å². The lowest BCUT2D eigenvalue weighted by atomic mass is 10.1. The van der Waals surface area contributed by atoms with Crippen molar-refractivity contribution in [2.24, 2.45) is 0 Å². The van der Waals surface area contributed by atoms with Crippen molar-refractivity contribution in [1.29, 1.82) is 0 Å². The molecule has 270 valence electrons. The first-order valence-corrected chi connectivity index (χ1v) is 18.3. The number of esters is 1. The van der Waals surface area contributed by atoms with Crippen molar-refractivity contribution in [2.75, 3.05) is 6.61 Å². The summed E-state index contributed by atoms with van der Waals surface area (Å²) < 4.78 is 5.06. The predicted molar refractivity (Wildman–Crippen MR) is 199 cm³/mol. The number of aromatic nitrogens is 2. The molecule has 1 rings (SSSR count). The highest BCUT2D eigenvalue weighted by Crippen LogP contribution is 2.11. The lowest BCUT2D eigenvalue weighted by molar-refractivity contribution is -0.147. The molecular formula is C40H65N3O5. The van der Waals surface area contributed by atoms with Crippen LogP contribution in [-0.2, 0) is 25.5 Å². The van der Waals surface area contributed by atoms with E-state index in [-0.39, 0.29) is 12.3 Å². The Morgan fingerprint density at radius 1 is 0.750 bits per heavy atom. The fourth-order valence-electron chi connectivity index (χ4n) is 4.65. The second-order valence-electron chi connectivity index (χ2n) is 11.7. The van der Waals surface area contributed by atoms with Crippen molar-refractivity contribution < 1.29 is 24.2 Å². The first-order chi connectivity index (χ1) is 23.4. The molecule has 0 aliphatic heterocycles. The SMILES string of the molecule is CC/C=C/C/C=C/C/C=C/C/C=C/C/C=C/CCCC(=O)O.CCCCCCCCCCCC(=O)N[C@@H](Cc1cnc[nH]1)C(=O)OCC. The van der Waals surface area contributed by atoms with E-state index in [0.29, 0.717) is 19.4 Å². The van der Waals surface area contributed by atoms with Crippen LogP contribution in [-0.4, -0.2) is 45.6 Å². The number of hydrogen-bond acceptors (Lipinski definition) is 5. The van der Waals surface area contributed by atoms with E-state index < -0.39 is 18.0 Å². The minimum atomic E-state index is -0.715. The minimum Gasteiger partial charge on any atom is -0.481 e. The number of nitrogens with one attached hydrogen (secondary N) is 2. The van der Waals surface area contributed by atoms with Gasteiger partial charge < -0.3 is 20.1 Å². The highest BCUT2D eigenvalue weighted by Gasteiger charge is 2.22.